The maximum Gasteiger partial charge on any atom is 0.255 e. The molecule has 2 aromatic carbocycles. The Morgan fingerprint density at radius 1 is 1.12 bits per heavy atom. The lowest BCUT2D eigenvalue weighted by Crippen LogP contribution is -2.14. The molecule has 0 radical (unpaired) electrons. The topological polar surface area (TPSA) is 45.2 Å². The number of carbonyl (C=O) groups excluding carboxylic acids is 1. The molecule has 1 heterocycles. The number of rotatable bonds is 4. The van der Waals surface area contributed by atoms with Gasteiger partial charge in [-0.05, 0) is 37.3 Å². The molecule has 3 rings (SSSR count). The molecular formula is C19H19N3OS. The van der Waals surface area contributed by atoms with Gasteiger partial charge in [-0.1, -0.05) is 18.2 Å². The fourth-order valence-electron chi connectivity index (χ4n) is 2.35. The Morgan fingerprint density at radius 3 is 2.50 bits per heavy atom. The quantitative estimate of drug-likeness (QED) is 0.765. The van der Waals surface area contributed by atoms with E-state index < -0.39 is 0 Å². The van der Waals surface area contributed by atoms with Crippen molar-refractivity contribution < 1.29 is 4.79 Å². The van der Waals surface area contributed by atoms with E-state index in [4.69, 9.17) is 0 Å². The molecule has 3 aromatic rings. The molecule has 0 atom stereocenters. The molecule has 1 amide bonds. The molecular weight excluding hydrogens is 318 g/mol. The molecule has 0 saturated carbocycles. The van der Waals surface area contributed by atoms with Crippen molar-refractivity contribution in [3.8, 4) is 11.3 Å². The zero-order chi connectivity index (χ0) is 17.1. The molecule has 24 heavy (non-hydrogen) atoms. The van der Waals surface area contributed by atoms with E-state index in [1.54, 1.807) is 11.3 Å². The van der Waals surface area contributed by atoms with Gasteiger partial charge in [0.1, 0.15) is 0 Å². The highest BCUT2D eigenvalue weighted by molar-refractivity contribution is 7.09. The van der Waals surface area contributed by atoms with Crippen LogP contribution in [-0.2, 0) is 0 Å². The minimum Gasteiger partial charge on any atom is -0.378 e. The molecule has 0 aliphatic heterocycles. The SMILES string of the molecule is Cc1nc(-c2ccc(NC(=O)c3cccc(N(C)C)c3)cc2)cs1. The molecule has 0 fully saturated rings. The number of hydrogen-bond donors (Lipinski definition) is 1. The highest BCUT2D eigenvalue weighted by atomic mass is 32.1. The molecule has 5 heteroatoms. The minimum absolute atomic E-state index is 0.115. The van der Waals surface area contributed by atoms with Crippen molar-refractivity contribution in [3.63, 3.8) is 0 Å². The van der Waals surface area contributed by atoms with Gasteiger partial charge < -0.3 is 10.2 Å². The number of nitrogens with zero attached hydrogens (tertiary/aromatic N) is 2. The van der Waals surface area contributed by atoms with Crippen LogP contribution in [0.15, 0.2) is 53.9 Å². The summed E-state index contributed by atoms with van der Waals surface area (Å²) in [6.45, 7) is 1.99. The van der Waals surface area contributed by atoms with Gasteiger partial charge in [-0.15, -0.1) is 11.3 Å². The number of nitrogens with one attached hydrogen (secondary N) is 1. The van der Waals surface area contributed by atoms with Crippen molar-refractivity contribution >= 4 is 28.6 Å². The average molecular weight is 337 g/mol. The van der Waals surface area contributed by atoms with Gasteiger partial charge in [0, 0.05) is 42.0 Å². The summed E-state index contributed by atoms with van der Waals surface area (Å²) in [4.78, 5) is 18.9. The van der Waals surface area contributed by atoms with Crippen LogP contribution in [-0.4, -0.2) is 25.0 Å². The Labute approximate surface area is 145 Å². The van der Waals surface area contributed by atoms with Gasteiger partial charge in [-0.2, -0.15) is 0 Å². The summed E-state index contributed by atoms with van der Waals surface area (Å²) in [7, 11) is 3.91. The average Bonchev–Trinajstić information content (AvgIpc) is 3.02. The van der Waals surface area contributed by atoms with E-state index in [1.807, 2.05) is 79.8 Å². The van der Waals surface area contributed by atoms with Crippen LogP contribution in [0.25, 0.3) is 11.3 Å². The lowest BCUT2D eigenvalue weighted by atomic mass is 10.1. The van der Waals surface area contributed by atoms with E-state index in [2.05, 4.69) is 10.3 Å². The second-order valence-corrected chi connectivity index (χ2v) is 6.79. The maximum absolute atomic E-state index is 12.4. The van der Waals surface area contributed by atoms with E-state index in [1.165, 1.54) is 0 Å². The van der Waals surface area contributed by atoms with Crippen LogP contribution < -0.4 is 10.2 Å². The standard InChI is InChI=1S/C19H19N3OS/c1-13-20-18(12-24-13)14-7-9-16(10-8-14)21-19(23)15-5-4-6-17(11-15)22(2)3/h4-12H,1-3H3,(H,21,23). The first-order chi connectivity index (χ1) is 11.5. The second kappa shape index (κ2) is 6.84. The minimum atomic E-state index is -0.115. The summed E-state index contributed by atoms with van der Waals surface area (Å²) in [5, 5.41) is 6.01. The normalized spacial score (nSPS) is 10.5. The molecule has 0 unspecified atom stereocenters. The second-order valence-electron chi connectivity index (χ2n) is 5.73. The summed E-state index contributed by atoms with van der Waals surface area (Å²) in [6.07, 6.45) is 0. The third-order valence-electron chi connectivity index (χ3n) is 3.68. The Balaban J connectivity index is 1.74. The number of aromatic nitrogens is 1. The van der Waals surface area contributed by atoms with Crippen LogP contribution in [0.4, 0.5) is 11.4 Å². The van der Waals surface area contributed by atoms with E-state index in [9.17, 15) is 4.79 Å². The zero-order valence-electron chi connectivity index (χ0n) is 13.9. The molecule has 1 aromatic heterocycles. The molecule has 1 N–H and O–H groups in total. The number of hydrogen-bond acceptors (Lipinski definition) is 4. The van der Waals surface area contributed by atoms with Crippen LogP contribution in [0.2, 0.25) is 0 Å². The molecule has 0 aliphatic rings. The van der Waals surface area contributed by atoms with Crippen molar-refractivity contribution in [2.75, 3.05) is 24.3 Å². The van der Waals surface area contributed by atoms with Gasteiger partial charge >= 0.3 is 0 Å². The van der Waals surface area contributed by atoms with Crippen LogP contribution in [0.3, 0.4) is 0 Å². The number of aryl methyl sites for hydroxylation is 1. The van der Waals surface area contributed by atoms with E-state index in [-0.39, 0.29) is 5.91 Å². The fourth-order valence-corrected chi connectivity index (χ4v) is 2.97. The van der Waals surface area contributed by atoms with Gasteiger partial charge in [0.2, 0.25) is 0 Å². The Bertz CT molecular complexity index is 853. The Kier molecular flexibility index (Phi) is 4.62. The van der Waals surface area contributed by atoms with Gasteiger partial charge in [0.15, 0.2) is 0 Å². The fraction of sp³-hybridized carbons (Fsp3) is 0.158. The Hall–Kier alpha value is -2.66. The predicted octanol–water partition coefficient (Wildman–Crippen LogP) is 4.44. The number of anilines is 2. The van der Waals surface area contributed by atoms with Crippen molar-refractivity contribution in [1.29, 1.82) is 0 Å². The van der Waals surface area contributed by atoms with Gasteiger partial charge in [-0.25, -0.2) is 4.98 Å². The highest BCUT2D eigenvalue weighted by Crippen LogP contribution is 2.23. The number of amides is 1. The molecule has 0 bridgehead atoms. The lowest BCUT2D eigenvalue weighted by Gasteiger charge is -2.13. The van der Waals surface area contributed by atoms with Crippen molar-refractivity contribution in [1.82, 2.24) is 4.98 Å². The smallest absolute Gasteiger partial charge is 0.255 e. The largest absolute Gasteiger partial charge is 0.378 e. The lowest BCUT2D eigenvalue weighted by molar-refractivity contribution is 0.102. The van der Waals surface area contributed by atoms with Gasteiger partial charge in [-0.3, -0.25) is 4.79 Å². The zero-order valence-corrected chi connectivity index (χ0v) is 14.7. The Morgan fingerprint density at radius 2 is 1.88 bits per heavy atom. The summed E-state index contributed by atoms with van der Waals surface area (Å²) >= 11 is 1.63. The van der Waals surface area contributed by atoms with Crippen LogP contribution in [0, 0.1) is 6.92 Å². The summed E-state index contributed by atoms with van der Waals surface area (Å²) in [6, 6.07) is 15.3. The summed E-state index contributed by atoms with van der Waals surface area (Å²) in [5.41, 5.74) is 4.42. The summed E-state index contributed by atoms with van der Waals surface area (Å²) in [5.74, 6) is -0.115. The maximum atomic E-state index is 12.4. The first-order valence-corrected chi connectivity index (χ1v) is 8.52. The molecule has 0 spiro atoms. The molecule has 0 aliphatic carbocycles. The first kappa shape index (κ1) is 16.2. The number of carbonyl (C=O) groups is 1. The third-order valence-corrected chi connectivity index (χ3v) is 4.46. The van der Waals surface area contributed by atoms with Gasteiger partial charge in [0.05, 0.1) is 10.7 Å². The first-order valence-electron chi connectivity index (χ1n) is 7.64. The number of thiazole rings is 1. The van der Waals surface area contributed by atoms with E-state index in [0.29, 0.717) is 5.56 Å². The number of benzene rings is 2. The predicted molar refractivity (Wildman–Crippen MR) is 101 cm³/mol. The van der Waals surface area contributed by atoms with Gasteiger partial charge in [0.25, 0.3) is 5.91 Å². The molecule has 0 saturated heterocycles. The monoisotopic (exact) mass is 337 g/mol. The molecule has 4 nitrogen and oxygen atoms in total. The van der Waals surface area contributed by atoms with Crippen molar-refractivity contribution in [2.45, 2.75) is 6.92 Å². The van der Waals surface area contributed by atoms with Crippen molar-refractivity contribution in [2.24, 2.45) is 0 Å². The third kappa shape index (κ3) is 3.63. The van der Waals surface area contributed by atoms with E-state index >= 15 is 0 Å². The van der Waals surface area contributed by atoms with E-state index in [0.717, 1.165) is 27.6 Å². The van der Waals surface area contributed by atoms with Crippen molar-refractivity contribution in [3.05, 3.63) is 64.5 Å². The molecule has 122 valence electrons. The van der Waals surface area contributed by atoms with Crippen LogP contribution in [0.1, 0.15) is 15.4 Å². The highest BCUT2D eigenvalue weighted by Gasteiger charge is 2.08. The summed E-state index contributed by atoms with van der Waals surface area (Å²) < 4.78 is 0. The van der Waals surface area contributed by atoms with Crippen LogP contribution >= 0.6 is 11.3 Å². The van der Waals surface area contributed by atoms with Crippen LogP contribution in [0.5, 0.6) is 0 Å².